The lowest BCUT2D eigenvalue weighted by Crippen LogP contribution is -2.41. The highest BCUT2D eigenvalue weighted by molar-refractivity contribution is 6.66. The second-order valence-electron chi connectivity index (χ2n) is 6.04. The van der Waals surface area contributed by atoms with Gasteiger partial charge in [-0.1, -0.05) is 23.7 Å². The number of hydrogen-bond acceptors (Lipinski definition) is 3. The van der Waals surface area contributed by atoms with Gasteiger partial charge in [-0.25, -0.2) is 0 Å². The number of carbonyl (C=O) groups excluding carboxylic acids is 1. The molecule has 2 N–H and O–H groups in total. The van der Waals surface area contributed by atoms with E-state index >= 15 is 0 Å². The molecule has 1 heterocycles. The average Bonchev–Trinajstić information content (AvgIpc) is 2.46. The van der Waals surface area contributed by atoms with E-state index in [-0.39, 0.29) is 6.42 Å². The lowest BCUT2D eigenvalue weighted by atomic mass is 9.75. The van der Waals surface area contributed by atoms with Gasteiger partial charge in [0.05, 0.1) is 17.6 Å². The summed E-state index contributed by atoms with van der Waals surface area (Å²) < 4.78 is 12.0. The minimum Gasteiger partial charge on any atom is -0.399 e. The summed E-state index contributed by atoms with van der Waals surface area (Å²) >= 11 is 6.27. The maximum atomic E-state index is 11.2. The van der Waals surface area contributed by atoms with E-state index in [0.717, 1.165) is 5.56 Å². The number of carbonyl (C=O) groups is 1. The zero-order valence-electron chi connectivity index (χ0n) is 12.2. The van der Waals surface area contributed by atoms with Crippen LogP contribution in [0.25, 0.3) is 0 Å². The van der Waals surface area contributed by atoms with E-state index in [2.05, 4.69) is 0 Å². The number of amides is 1. The van der Waals surface area contributed by atoms with Crippen molar-refractivity contribution in [2.75, 3.05) is 0 Å². The number of hydrogen-bond donors (Lipinski definition) is 1. The molecule has 1 aliphatic heterocycles. The number of primary amides is 1. The standard InChI is InChI=1S/C14H19BClNO3/c1-13(2)14(3,4)20-15(19-13)12-9(8-11(17)18)6-5-7-10(12)16/h5-7H,8H2,1-4H3,(H2,17,18). The van der Waals surface area contributed by atoms with Crippen LogP contribution in [0.5, 0.6) is 0 Å². The summed E-state index contributed by atoms with van der Waals surface area (Å²) in [7, 11) is -0.594. The van der Waals surface area contributed by atoms with E-state index in [1.54, 1.807) is 12.1 Å². The third-order valence-electron chi connectivity index (χ3n) is 4.00. The smallest absolute Gasteiger partial charge is 0.399 e. The Morgan fingerprint density at radius 2 is 1.80 bits per heavy atom. The molecule has 0 aromatic heterocycles. The summed E-state index contributed by atoms with van der Waals surface area (Å²) in [4.78, 5) is 11.2. The first kappa shape index (κ1) is 15.4. The summed E-state index contributed by atoms with van der Waals surface area (Å²) in [5.74, 6) is -0.412. The lowest BCUT2D eigenvalue weighted by molar-refractivity contribution is -0.117. The van der Waals surface area contributed by atoms with Gasteiger partial charge >= 0.3 is 7.12 Å². The molecule has 0 unspecified atom stereocenters. The lowest BCUT2D eigenvalue weighted by Gasteiger charge is -2.32. The van der Waals surface area contributed by atoms with Crippen molar-refractivity contribution < 1.29 is 14.1 Å². The van der Waals surface area contributed by atoms with E-state index in [1.807, 2.05) is 33.8 Å². The number of nitrogens with two attached hydrogens (primary N) is 1. The molecule has 2 rings (SSSR count). The van der Waals surface area contributed by atoms with Crippen LogP contribution >= 0.6 is 11.6 Å². The topological polar surface area (TPSA) is 61.5 Å². The second kappa shape index (κ2) is 5.06. The molecule has 0 saturated carbocycles. The van der Waals surface area contributed by atoms with Crippen LogP contribution in [0, 0.1) is 0 Å². The van der Waals surface area contributed by atoms with Crippen molar-refractivity contribution in [2.24, 2.45) is 5.73 Å². The minimum atomic E-state index is -0.594. The first-order chi connectivity index (χ1) is 9.14. The van der Waals surface area contributed by atoms with Crippen LogP contribution in [-0.2, 0) is 20.5 Å². The highest BCUT2D eigenvalue weighted by Gasteiger charge is 2.52. The molecule has 1 fully saturated rings. The first-order valence-electron chi connectivity index (χ1n) is 6.55. The van der Waals surface area contributed by atoms with Crippen molar-refractivity contribution in [3.05, 3.63) is 28.8 Å². The largest absolute Gasteiger partial charge is 0.496 e. The Morgan fingerprint density at radius 1 is 1.25 bits per heavy atom. The van der Waals surface area contributed by atoms with Gasteiger partial charge in [-0.2, -0.15) is 0 Å². The summed E-state index contributed by atoms with van der Waals surface area (Å²) in [6.07, 6.45) is 0.111. The van der Waals surface area contributed by atoms with Gasteiger partial charge in [-0.05, 0) is 39.3 Å². The molecule has 1 aromatic rings. The zero-order valence-corrected chi connectivity index (χ0v) is 13.0. The minimum absolute atomic E-state index is 0.111. The summed E-state index contributed by atoms with van der Waals surface area (Å²) in [5.41, 5.74) is 5.80. The van der Waals surface area contributed by atoms with Crippen LogP contribution in [0.1, 0.15) is 33.3 Å². The third kappa shape index (κ3) is 2.71. The zero-order chi connectivity index (χ0) is 15.1. The molecule has 1 amide bonds. The van der Waals surface area contributed by atoms with Crippen molar-refractivity contribution in [1.29, 1.82) is 0 Å². The molecule has 0 atom stereocenters. The Balaban J connectivity index is 2.41. The van der Waals surface area contributed by atoms with Crippen molar-refractivity contribution >= 4 is 30.1 Å². The highest BCUT2D eigenvalue weighted by Crippen LogP contribution is 2.37. The molecule has 1 aliphatic rings. The molecule has 20 heavy (non-hydrogen) atoms. The fraction of sp³-hybridized carbons (Fsp3) is 0.500. The van der Waals surface area contributed by atoms with E-state index in [4.69, 9.17) is 26.6 Å². The van der Waals surface area contributed by atoms with Gasteiger partial charge in [0.15, 0.2) is 0 Å². The van der Waals surface area contributed by atoms with Crippen LogP contribution in [0.3, 0.4) is 0 Å². The number of rotatable bonds is 3. The van der Waals surface area contributed by atoms with E-state index in [9.17, 15) is 4.79 Å². The molecule has 4 nitrogen and oxygen atoms in total. The van der Waals surface area contributed by atoms with Crippen LogP contribution in [0.4, 0.5) is 0 Å². The Hall–Kier alpha value is -1.04. The summed E-state index contributed by atoms with van der Waals surface area (Å²) in [5, 5.41) is 0.516. The van der Waals surface area contributed by atoms with Crippen LogP contribution < -0.4 is 11.2 Å². The molecule has 0 aliphatic carbocycles. The van der Waals surface area contributed by atoms with Gasteiger partial charge in [0.25, 0.3) is 0 Å². The predicted octanol–water partition coefficient (Wildman–Crippen LogP) is 1.67. The third-order valence-corrected chi connectivity index (χ3v) is 4.33. The van der Waals surface area contributed by atoms with Gasteiger partial charge in [-0.15, -0.1) is 0 Å². The summed E-state index contributed by atoms with van der Waals surface area (Å²) in [6, 6.07) is 5.36. The average molecular weight is 296 g/mol. The fourth-order valence-corrected chi connectivity index (χ4v) is 2.43. The van der Waals surface area contributed by atoms with Gasteiger partial charge in [-0.3, -0.25) is 4.79 Å². The SMILES string of the molecule is CC1(C)OB(c2c(Cl)cccc2CC(N)=O)OC1(C)C. The van der Waals surface area contributed by atoms with E-state index < -0.39 is 24.2 Å². The molecular formula is C14H19BClNO3. The molecule has 0 spiro atoms. The monoisotopic (exact) mass is 295 g/mol. The quantitative estimate of drug-likeness (QED) is 0.863. The van der Waals surface area contributed by atoms with Gasteiger partial charge in [0.1, 0.15) is 0 Å². The second-order valence-corrected chi connectivity index (χ2v) is 6.45. The predicted molar refractivity (Wildman–Crippen MR) is 80.1 cm³/mol. The highest BCUT2D eigenvalue weighted by atomic mass is 35.5. The van der Waals surface area contributed by atoms with Crippen LogP contribution in [-0.4, -0.2) is 24.2 Å². The fourth-order valence-electron chi connectivity index (χ4n) is 2.15. The van der Waals surface area contributed by atoms with Crippen molar-refractivity contribution in [3.8, 4) is 0 Å². The molecule has 108 valence electrons. The number of benzene rings is 1. The summed E-state index contributed by atoms with van der Waals surface area (Å²) in [6.45, 7) is 7.88. The van der Waals surface area contributed by atoms with E-state index in [1.165, 1.54) is 0 Å². The molecule has 0 radical (unpaired) electrons. The maximum Gasteiger partial charge on any atom is 0.496 e. The van der Waals surface area contributed by atoms with Gasteiger partial charge in [0.2, 0.25) is 5.91 Å². The molecule has 0 bridgehead atoms. The van der Waals surface area contributed by atoms with Gasteiger partial charge in [0, 0.05) is 10.5 Å². The van der Waals surface area contributed by atoms with Crippen molar-refractivity contribution in [2.45, 2.75) is 45.3 Å². The van der Waals surface area contributed by atoms with Gasteiger partial charge < -0.3 is 15.0 Å². The molecular weight excluding hydrogens is 276 g/mol. The normalized spacial score (nSPS) is 20.1. The first-order valence-corrected chi connectivity index (χ1v) is 6.93. The maximum absolute atomic E-state index is 11.2. The Morgan fingerprint density at radius 3 is 2.30 bits per heavy atom. The van der Waals surface area contributed by atoms with Crippen molar-refractivity contribution in [3.63, 3.8) is 0 Å². The Bertz CT molecular complexity index is 529. The van der Waals surface area contributed by atoms with Crippen LogP contribution in [0.2, 0.25) is 5.02 Å². The van der Waals surface area contributed by atoms with Crippen LogP contribution in [0.15, 0.2) is 18.2 Å². The molecule has 1 aromatic carbocycles. The Labute approximate surface area is 124 Å². The van der Waals surface area contributed by atoms with E-state index in [0.29, 0.717) is 10.5 Å². The van der Waals surface area contributed by atoms with Crippen molar-refractivity contribution in [1.82, 2.24) is 0 Å². The molecule has 1 saturated heterocycles. The number of halogens is 1. The molecule has 6 heteroatoms. The Kier molecular flexibility index (Phi) is 3.89.